The second-order valence-electron chi connectivity index (χ2n) is 5.40. The Bertz CT molecular complexity index is 878. The zero-order chi connectivity index (χ0) is 19.1. The fourth-order valence-corrected chi connectivity index (χ4v) is 3.84. The molecular formula is C18H18FN3O3S2. The van der Waals surface area contributed by atoms with Crippen LogP contribution in [0.4, 0.5) is 15.2 Å². The first kappa shape index (κ1) is 19.4. The van der Waals surface area contributed by atoms with Crippen LogP contribution in [0.3, 0.4) is 0 Å². The van der Waals surface area contributed by atoms with E-state index in [0.29, 0.717) is 21.0 Å². The number of hydrogen-bond acceptors (Lipinski definition) is 8. The van der Waals surface area contributed by atoms with Gasteiger partial charge in [-0.3, -0.25) is 0 Å². The summed E-state index contributed by atoms with van der Waals surface area (Å²) in [6, 6.07) is 13.6. The lowest BCUT2D eigenvalue weighted by molar-refractivity contribution is 0.123. The molecule has 0 saturated heterocycles. The van der Waals surface area contributed by atoms with Crippen molar-refractivity contribution >= 4 is 33.9 Å². The third-order valence-electron chi connectivity index (χ3n) is 3.42. The van der Waals surface area contributed by atoms with Crippen molar-refractivity contribution in [2.24, 2.45) is 0 Å². The number of nitrogens with one attached hydrogen (secondary N) is 1. The average molecular weight is 407 g/mol. The van der Waals surface area contributed by atoms with Crippen LogP contribution in [0.15, 0.2) is 52.9 Å². The van der Waals surface area contributed by atoms with Gasteiger partial charge in [-0.1, -0.05) is 47.4 Å². The minimum Gasteiger partial charge on any atom is -0.495 e. The molecule has 0 aliphatic carbocycles. The molecule has 6 nitrogen and oxygen atoms in total. The summed E-state index contributed by atoms with van der Waals surface area (Å²) < 4.78 is 24.8. The van der Waals surface area contributed by atoms with E-state index in [1.165, 1.54) is 35.2 Å². The van der Waals surface area contributed by atoms with Crippen molar-refractivity contribution in [2.45, 2.75) is 10.4 Å². The standard InChI is InChI=1S/C18H18FN3O3S2/c1-24-16-9-5-3-7-14(16)20-17-21-22-18(27-17)26-11-12(23)10-25-15-8-4-2-6-13(15)19/h2-9,12,23H,10-11H2,1H3,(H,20,21)/t12-/m1/s1. The zero-order valence-electron chi connectivity index (χ0n) is 14.5. The van der Waals surface area contributed by atoms with Gasteiger partial charge in [0.2, 0.25) is 5.13 Å². The van der Waals surface area contributed by atoms with Gasteiger partial charge in [0.05, 0.1) is 18.9 Å². The maximum atomic E-state index is 13.5. The van der Waals surface area contributed by atoms with Crippen LogP contribution in [0.5, 0.6) is 11.5 Å². The lowest BCUT2D eigenvalue weighted by Gasteiger charge is -2.11. The Morgan fingerprint density at radius 3 is 2.67 bits per heavy atom. The summed E-state index contributed by atoms with van der Waals surface area (Å²) in [6.45, 7) is -0.000934. The Kier molecular flexibility index (Phi) is 6.86. The van der Waals surface area contributed by atoms with Crippen LogP contribution in [0, 0.1) is 5.82 Å². The average Bonchev–Trinajstić information content (AvgIpc) is 3.13. The van der Waals surface area contributed by atoms with Crippen molar-refractivity contribution in [1.82, 2.24) is 10.2 Å². The molecular weight excluding hydrogens is 389 g/mol. The molecule has 2 N–H and O–H groups in total. The second kappa shape index (κ2) is 9.54. The highest BCUT2D eigenvalue weighted by Crippen LogP contribution is 2.31. The second-order valence-corrected chi connectivity index (χ2v) is 7.65. The fraction of sp³-hybridized carbons (Fsp3) is 0.222. The minimum absolute atomic E-state index is 0.000934. The molecule has 27 heavy (non-hydrogen) atoms. The van der Waals surface area contributed by atoms with E-state index in [0.717, 1.165) is 5.69 Å². The number of thioether (sulfide) groups is 1. The third kappa shape index (κ3) is 5.56. The highest BCUT2D eigenvalue weighted by atomic mass is 32.2. The highest BCUT2D eigenvalue weighted by Gasteiger charge is 2.12. The van der Waals surface area contributed by atoms with E-state index in [1.807, 2.05) is 24.3 Å². The van der Waals surface area contributed by atoms with Crippen molar-refractivity contribution in [3.63, 3.8) is 0 Å². The number of methoxy groups -OCH3 is 1. The number of benzene rings is 2. The summed E-state index contributed by atoms with van der Waals surface area (Å²) in [7, 11) is 1.60. The molecule has 1 heterocycles. The van der Waals surface area contributed by atoms with E-state index in [2.05, 4.69) is 15.5 Å². The van der Waals surface area contributed by atoms with E-state index in [9.17, 15) is 9.50 Å². The maximum absolute atomic E-state index is 13.5. The van der Waals surface area contributed by atoms with Crippen LogP contribution >= 0.6 is 23.1 Å². The topological polar surface area (TPSA) is 76.5 Å². The van der Waals surface area contributed by atoms with Crippen LogP contribution in [-0.2, 0) is 0 Å². The molecule has 0 saturated carbocycles. The fourth-order valence-electron chi connectivity index (χ4n) is 2.15. The Morgan fingerprint density at radius 1 is 1.15 bits per heavy atom. The van der Waals surface area contributed by atoms with Gasteiger partial charge in [-0.25, -0.2) is 4.39 Å². The van der Waals surface area contributed by atoms with Crippen LogP contribution in [0.25, 0.3) is 0 Å². The molecule has 142 valence electrons. The molecule has 0 aliphatic rings. The molecule has 0 amide bonds. The molecule has 0 radical (unpaired) electrons. The van der Waals surface area contributed by atoms with E-state index >= 15 is 0 Å². The maximum Gasteiger partial charge on any atom is 0.210 e. The quantitative estimate of drug-likeness (QED) is 0.520. The van der Waals surface area contributed by atoms with Gasteiger partial charge in [0.15, 0.2) is 15.9 Å². The molecule has 1 atom stereocenters. The first-order chi connectivity index (χ1) is 13.2. The number of hydrogen-bond donors (Lipinski definition) is 2. The van der Waals surface area contributed by atoms with Gasteiger partial charge >= 0.3 is 0 Å². The number of halogens is 1. The van der Waals surface area contributed by atoms with Crippen LogP contribution < -0.4 is 14.8 Å². The Balaban J connectivity index is 1.48. The monoisotopic (exact) mass is 407 g/mol. The number of nitrogens with zero attached hydrogens (tertiary/aromatic N) is 2. The summed E-state index contributed by atoms with van der Waals surface area (Å²) in [5.41, 5.74) is 0.797. The number of para-hydroxylation sites is 3. The van der Waals surface area contributed by atoms with E-state index < -0.39 is 11.9 Å². The predicted molar refractivity (Wildman–Crippen MR) is 105 cm³/mol. The summed E-state index contributed by atoms with van der Waals surface area (Å²) in [4.78, 5) is 0. The van der Waals surface area contributed by atoms with Crippen LogP contribution in [0.1, 0.15) is 0 Å². The molecule has 0 aliphatic heterocycles. The smallest absolute Gasteiger partial charge is 0.210 e. The van der Waals surface area contributed by atoms with Gasteiger partial charge in [-0.2, -0.15) is 0 Å². The van der Waals surface area contributed by atoms with Gasteiger partial charge < -0.3 is 19.9 Å². The molecule has 9 heteroatoms. The Morgan fingerprint density at radius 2 is 1.89 bits per heavy atom. The Hall–Kier alpha value is -2.36. The number of rotatable bonds is 9. The summed E-state index contributed by atoms with van der Waals surface area (Å²) in [5, 5.41) is 22.0. The normalized spacial score (nSPS) is 11.8. The van der Waals surface area contributed by atoms with Gasteiger partial charge in [0.25, 0.3) is 0 Å². The minimum atomic E-state index is -0.760. The van der Waals surface area contributed by atoms with E-state index in [4.69, 9.17) is 9.47 Å². The summed E-state index contributed by atoms with van der Waals surface area (Å²) in [5.74, 6) is 0.745. The van der Waals surface area contributed by atoms with Gasteiger partial charge in [-0.15, -0.1) is 10.2 Å². The predicted octanol–water partition coefficient (Wildman–Crippen LogP) is 3.96. The SMILES string of the molecule is COc1ccccc1Nc1nnc(SC[C@H](O)COc2ccccc2F)s1. The van der Waals surface area contributed by atoms with Gasteiger partial charge in [0, 0.05) is 5.75 Å². The van der Waals surface area contributed by atoms with Crippen molar-refractivity contribution in [2.75, 3.05) is 24.8 Å². The third-order valence-corrected chi connectivity index (χ3v) is 5.54. The molecule has 2 aromatic carbocycles. The number of aliphatic hydroxyl groups excluding tert-OH is 1. The van der Waals surface area contributed by atoms with E-state index in [1.54, 1.807) is 19.2 Å². The summed E-state index contributed by atoms with van der Waals surface area (Å²) >= 11 is 2.73. The number of anilines is 2. The molecule has 0 fully saturated rings. The van der Waals surface area contributed by atoms with E-state index in [-0.39, 0.29) is 12.4 Å². The van der Waals surface area contributed by atoms with Crippen molar-refractivity contribution in [1.29, 1.82) is 0 Å². The largest absolute Gasteiger partial charge is 0.495 e. The molecule has 3 rings (SSSR count). The first-order valence-electron chi connectivity index (χ1n) is 8.07. The Labute approximate surface area is 164 Å². The van der Waals surface area contributed by atoms with Gasteiger partial charge in [0.1, 0.15) is 12.4 Å². The lowest BCUT2D eigenvalue weighted by atomic mass is 10.3. The lowest BCUT2D eigenvalue weighted by Crippen LogP contribution is -2.20. The number of aliphatic hydroxyl groups is 1. The van der Waals surface area contributed by atoms with Gasteiger partial charge in [-0.05, 0) is 24.3 Å². The van der Waals surface area contributed by atoms with Crippen molar-refractivity contribution in [3.05, 3.63) is 54.3 Å². The molecule has 0 bridgehead atoms. The highest BCUT2D eigenvalue weighted by molar-refractivity contribution is 8.01. The molecule has 3 aromatic rings. The zero-order valence-corrected chi connectivity index (χ0v) is 16.1. The molecule has 0 unspecified atom stereocenters. The van der Waals surface area contributed by atoms with Crippen molar-refractivity contribution in [3.8, 4) is 11.5 Å². The molecule has 1 aromatic heterocycles. The number of ether oxygens (including phenoxy) is 2. The van der Waals surface area contributed by atoms with Crippen LogP contribution in [-0.4, -0.2) is 40.9 Å². The number of aromatic nitrogens is 2. The van der Waals surface area contributed by atoms with Crippen molar-refractivity contribution < 1.29 is 19.0 Å². The first-order valence-corrected chi connectivity index (χ1v) is 9.87. The summed E-state index contributed by atoms with van der Waals surface area (Å²) in [6.07, 6.45) is -0.760. The van der Waals surface area contributed by atoms with Crippen LogP contribution in [0.2, 0.25) is 0 Å². The molecule has 0 spiro atoms.